The molecular weight excluding hydrogens is 196 g/mol. The quantitative estimate of drug-likeness (QED) is 0.784. The van der Waals surface area contributed by atoms with E-state index in [0.717, 1.165) is 30.9 Å². The molecule has 0 spiro atoms. The number of aliphatic hydroxyl groups is 1. The molecule has 0 amide bonds. The molecule has 3 nitrogen and oxygen atoms in total. The van der Waals surface area contributed by atoms with Crippen LogP contribution in [-0.2, 0) is 6.42 Å². The molecular formula is C10H16N2OS. The number of thiazole rings is 1. The summed E-state index contributed by atoms with van der Waals surface area (Å²) in [4.78, 5) is 5.53. The van der Waals surface area contributed by atoms with E-state index in [1.807, 2.05) is 13.1 Å². The minimum atomic E-state index is 0.0684. The van der Waals surface area contributed by atoms with Gasteiger partial charge in [-0.05, 0) is 26.3 Å². The smallest absolute Gasteiger partial charge is 0.0896 e. The molecule has 2 N–H and O–H groups in total. The second kappa shape index (κ2) is 3.96. The molecule has 0 aliphatic carbocycles. The first-order chi connectivity index (χ1) is 6.74. The maximum atomic E-state index is 9.43. The molecule has 1 aliphatic heterocycles. The van der Waals surface area contributed by atoms with E-state index in [9.17, 15) is 5.11 Å². The summed E-state index contributed by atoms with van der Waals surface area (Å²) in [6.45, 7) is 4.25. The molecule has 1 aromatic heterocycles. The molecule has 0 bridgehead atoms. The largest absolute Gasteiger partial charge is 0.396 e. The fourth-order valence-electron chi connectivity index (χ4n) is 1.99. The highest BCUT2D eigenvalue weighted by Gasteiger charge is 2.33. The van der Waals surface area contributed by atoms with Gasteiger partial charge in [-0.3, -0.25) is 0 Å². The van der Waals surface area contributed by atoms with E-state index in [4.69, 9.17) is 0 Å². The average molecular weight is 212 g/mol. The second-order valence-electron chi connectivity index (χ2n) is 4.11. The van der Waals surface area contributed by atoms with Gasteiger partial charge in [0.1, 0.15) is 0 Å². The van der Waals surface area contributed by atoms with E-state index in [1.54, 1.807) is 11.3 Å². The van der Waals surface area contributed by atoms with Crippen molar-refractivity contribution in [2.24, 2.45) is 5.41 Å². The second-order valence-corrected chi connectivity index (χ2v) is 5.43. The summed E-state index contributed by atoms with van der Waals surface area (Å²) in [6.07, 6.45) is 3.97. The fourth-order valence-corrected chi connectivity index (χ4v) is 2.96. The summed E-state index contributed by atoms with van der Waals surface area (Å²) >= 11 is 1.74. The Balaban J connectivity index is 2.08. The van der Waals surface area contributed by atoms with Crippen LogP contribution >= 0.6 is 11.3 Å². The molecule has 0 radical (unpaired) electrons. The van der Waals surface area contributed by atoms with Crippen LogP contribution in [0.4, 0.5) is 0 Å². The van der Waals surface area contributed by atoms with Crippen LogP contribution in [0.15, 0.2) is 6.20 Å². The molecule has 0 aromatic carbocycles. The van der Waals surface area contributed by atoms with Crippen LogP contribution in [0.2, 0.25) is 0 Å². The van der Waals surface area contributed by atoms with Crippen molar-refractivity contribution in [2.75, 3.05) is 19.7 Å². The highest BCUT2D eigenvalue weighted by atomic mass is 32.1. The van der Waals surface area contributed by atoms with Crippen molar-refractivity contribution < 1.29 is 5.11 Å². The summed E-state index contributed by atoms with van der Waals surface area (Å²) in [5.41, 5.74) is 0.0684. The van der Waals surface area contributed by atoms with Gasteiger partial charge in [0.25, 0.3) is 0 Å². The monoisotopic (exact) mass is 212 g/mol. The topological polar surface area (TPSA) is 45.2 Å². The highest BCUT2D eigenvalue weighted by molar-refractivity contribution is 7.11. The maximum absolute atomic E-state index is 9.43. The molecule has 0 saturated carbocycles. The number of rotatable bonds is 3. The van der Waals surface area contributed by atoms with Gasteiger partial charge in [-0.2, -0.15) is 0 Å². The Kier molecular flexibility index (Phi) is 2.85. The van der Waals surface area contributed by atoms with Crippen LogP contribution in [0, 0.1) is 12.3 Å². The van der Waals surface area contributed by atoms with Gasteiger partial charge in [-0.25, -0.2) is 4.98 Å². The van der Waals surface area contributed by atoms with E-state index < -0.39 is 0 Å². The average Bonchev–Trinajstić information content (AvgIpc) is 2.77. The summed E-state index contributed by atoms with van der Waals surface area (Å²) in [6, 6.07) is 0. The van der Waals surface area contributed by atoms with Gasteiger partial charge in [0, 0.05) is 23.0 Å². The van der Waals surface area contributed by atoms with Crippen molar-refractivity contribution in [3.05, 3.63) is 16.1 Å². The molecule has 14 heavy (non-hydrogen) atoms. The zero-order valence-electron chi connectivity index (χ0n) is 8.42. The molecule has 78 valence electrons. The third-order valence-electron chi connectivity index (χ3n) is 2.89. The Morgan fingerprint density at radius 1 is 1.71 bits per heavy atom. The molecule has 1 atom stereocenters. The molecule has 1 unspecified atom stereocenters. The van der Waals surface area contributed by atoms with Gasteiger partial charge in [-0.1, -0.05) is 0 Å². The van der Waals surface area contributed by atoms with E-state index in [1.165, 1.54) is 4.88 Å². The molecule has 1 fully saturated rings. The van der Waals surface area contributed by atoms with Crippen LogP contribution in [0.5, 0.6) is 0 Å². The minimum absolute atomic E-state index is 0.0684. The number of nitrogens with zero attached hydrogens (tertiary/aromatic N) is 1. The zero-order chi connectivity index (χ0) is 10.0. The lowest BCUT2D eigenvalue weighted by molar-refractivity contribution is 0.143. The zero-order valence-corrected chi connectivity index (χ0v) is 9.23. The number of aromatic nitrogens is 1. The third-order valence-corrected chi connectivity index (χ3v) is 3.80. The number of nitrogens with one attached hydrogen (secondary N) is 1. The van der Waals surface area contributed by atoms with Crippen molar-refractivity contribution in [2.45, 2.75) is 19.8 Å². The molecule has 1 aliphatic rings. The molecule has 1 aromatic rings. The van der Waals surface area contributed by atoms with E-state index >= 15 is 0 Å². The lowest BCUT2D eigenvalue weighted by Gasteiger charge is -2.24. The molecule has 2 rings (SSSR count). The summed E-state index contributed by atoms with van der Waals surface area (Å²) in [7, 11) is 0. The summed E-state index contributed by atoms with van der Waals surface area (Å²) in [5, 5.41) is 13.9. The predicted octanol–water partition coefficient (Wildman–Crippen LogP) is 0.966. The molecule has 2 heterocycles. The van der Waals surface area contributed by atoms with Crippen LogP contribution in [-0.4, -0.2) is 29.8 Å². The Hall–Kier alpha value is -0.450. The molecule has 4 heteroatoms. The minimum Gasteiger partial charge on any atom is -0.396 e. The van der Waals surface area contributed by atoms with E-state index in [2.05, 4.69) is 10.3 Å². The van der Waals surface area contributed by atoms with Gasteiger partial charge >= 0.3 is 0 Å². The lowest BCUT2D eigenvalue weighted by atomic mass is 9.84. The normalized spacial score (nSPS) is 27.0. The van der Waals surface area contributed by atoms with Crippen molar-refractivity contribution in [1.29, 1.82) is 0 Å². The van der Waals surface area contributed by atoms with Crippen LogP contribution in [0.1, 0.15) is 16.3 Å². The van der Waals surface area contributed by atoms with Gasteiger partial charge < -0.3 is 10.4 Å². The number of hydrogen-bond acceptors (Lipinski definition) is 4. The molecule has 1 saturated heterocycles. The third kappa shape index (κ3) is 1.97. The van der Waals surface area contributed by atoms with Gasteiger partial charge in [-0.15, -0.1) is 11.3 Å². The van der Waals surface area contributed by atoms with Crippen molar-refractivity contribution in [3.63, 3.8) is 0 Å². The first kappa shape index (κ1) is 10.1. The first-order valence-corrected chi connectivity index (χ1v) is 5.79. The van der Waals surface area contributed by atoms with Crippen molar-refractivity contribution in [3.8, 4) is 0 Å². The fraction of sp³-hybridized carbons (Fsp3) is 0.700. The SMILES string of the molecule is Cc1ncc(CC2(CO)CCNC2)s1. The Morgan fingerprint density at radius 2 is 2.57 bits per heavy atom. The van der Waals surface area contributed by atoms with Gasteiger partial charge in [0.2, 0.25) is 0 Å². The van der Waals surface area contributed by atoms with Gasteiger partial charge in [0.05, 0.1) is 11.6 Å². The highest BCUT2D eigenvalue weighted by Crippen LogP contribution is 2.31. The van der Waals surface area contributed by atoms with Crippen molar-refractivity contribution >= 4 is 11.3 Å². The lowest BCUT2D eigenvalue weighted by Crippen LogP contribution is -2.30. The Bertz CT molecular complexity index is 305. The first-order valence-electron chi connectivity index (χ1n) is 4.97. The van der Waals surface area contributed by atoms with E-state index in [-0.39, 0.29) is 12.0 Å². The number of aliphatic hydroxyl groups excluding tert-OH is 1. The predicted molar refractivity (Wildman–Crippen MR) is 57.6 cm³/mol. The number of hydrogen-bond donors (Lipinski definition) is 2. The maximum Gasteiger partial charge on any atom is 0.0896 e. The summed E-state index contributed by atoms with van der Waals surface area (Å²) in [5.74, 6) is 0. The standard InChI is InChI=1S/C10H16N2OS/c1-8-12-5-9(14-8)4-10(7-13)2-3-11-6-10/h5,11,13H,2-4,6-7H2,1H3. The Labute approximate surface area is 88.2 Å². The van der Waals surface area contributed by atoms with Crippen LogP contribution in [0.25, 0.3) is 0 Å². The van der Waals surface area contributed by atoms with Crippen LogP contribution < -0.4 is 5.32 Å². The Morgan fingerprint density at radius 3 is 3.07 bits per heavy atom. The number of aryl methyl sites for hydroxylation is 1. The van der Waals surface area contributed by atoms with E-state index in [0.29, 0.717) is 0 Å². The van der Waals surface area contributed by atoms with Crippen molar-refractivity contribution in [1.82, 2.24) is 10.3 Å². The summed E-state index contributed by atoms with van der Waals surface area (Å²) < 4.78 is 0. The van der Waals surface area contributed by atoms with Gasteiger partial charge in [0.15, 0.2) is 0 Å². The van der Waals surface area contributed by atoms with Crippen LogP contribution in [0.3, 0.4) is 0 Å².